The van der Waals surface area contributed by atoms with Gasteiger partial charge in [0.2, 0.25) is 0 Å². The van der Waals surface area contributed by atoms with Gasteiger partial charge in [0.05, 0.1) is 31.5 Å². The van der Waals surface area contributed by atoms with E-state index in [1.165, 1.54) is 31.2 Å². The van der Waals surface area contributed by atoms with E-state index in [-0.39, 0.29) is 35.7 Å². The minimum Gasteiger partial charge on any atom is -0.493 e. The number of methoxy groups -OCH3 is 2. The number of carbonyl (C=O) groups excluding carboxylic acids is 1. The SMILES string of the molecule is COc1cc(C(=O)NCCn2cnc(C)c(C)c2=O)c([N+](=O)[O-])cc1OC. The second-order valence-electron chi connectivity index (χ2n) is 5.69. The zero-order chi connectivity index (χ0) is 20.1. The summed E-state index contributed by atoms with van der Waals surface area (Å²) in [5, 5.41) is 13.8. The van der Waals surface area contributed by atoms with Crippen LogP contribution in [0.5, 0.6) is 11.5 Å². The second kappa shape index (κ2) is 8.30. The summed E-state index contributed by atoms with van der Waals surface area (Å²) in [5.74, 6) is -0.316. The summed E-state index contributed by atoms with van der Waals surface area (Å²) in [6.45, 7) is 3.68. The highest BCUT2D eigenvalue weighted by Crippen LogP contribution is 2.34. The van der Waals surface area contributed by atoms with Gasteiger partial charge in [-0.15, -0.1) is 0 Å². The van der Waals surface area contributed by atoms with E-state index in [2.05, 4.69) is 10.3 Å². The van der Waals surface area contributed by atoms with Gasteiger partial charge in [-0.05, 0) is 13.8 Å². The van der Waals surface area contributed by atoms with Gasteiger partial charge in [0.15, 0.2) is 11.5 Å². The van der Waals surface area contributed by atoms with Crippen LogP contribution in [0.15, 0.2) is 23.3 Å². The lowest BCUT2D eigenvalue weighted by atomic mass is 10.1. The number of aromatic nitrogens is 2. The van der Waals surface area contributed by atoms with Gasteiger partial charge in [0.25, 0.3) is 17.2 Å². The number of nitrogens with one attached hydrogen (secondary N) is 1. The summed E-state index contributed by atoms with van der Waals surface area (Å²) in [5.41, 5.74) is 0.396. The Morgan fingerprint density at radius 2 is 1.89 bits per heavy atom. The molecule has 0 aliphatic rings. The number of rotatable bonds is 7. The van der Waals surface area contributed by atoms with Crippen molar-refractivity contribution < 1.29 is 19.2 Å². The Bertz CT molecular complexity index is 938. The van der Waals surface area contributed by atoms with Crippen molar-refractivity contribution in [2.24, 2.45) is 0 Å². The molecule has 10 nitrogen and oxygen atoms in total. The lowest BCUT2D eigenvalue weighted by molar-refractivity contribution is -0.385. The van der Waals surface area contributed by atoms with Crippen molar-refractivity contribution >= 4 is 11.6 Å². The van der Waals surface area contributed by atoms with Gasteiger partial charge >= 0.3 is 0 Å². The zero-order valence-electron chi connectivity index (χ0n) is 15.4. The number of aryl methyl sites for hydroxylation is 1. The number of amides is 1. The average molecular weight is 376 g/mol. The molecule has 1 amide bonds. The van der Waals surface area contributed by atoms with Crippen molar-refractivity contribution in [1.82, 2.24) is 14.9 Å². The van der Waals surface area contributed by atoms with E-state index in [0.717, 1.165) is 6.07 Å². The fourth-order valence-electron chi connectivity index (χ4n) is 2.42. The number of hydrogen-bond acceptors (Lipinski definition) is 7. The van der Waals surface area contributed by atoms with E-state index < -0.39 is 16.5 Å². The van der Waals surface area contributed by atoms with E-state index >= 15 is 0 Å². The zero-order valence-corrected chi connectivity index (χ0v) is 15.4. The van der Waals surface area contributed by atoms with E-state index in [1.54, 1.807) is 13.8 Å². The molecule has 2 rings (SSSR count). The minimum atomic E-state index is -0.672. The lowest BCUT2D eigenvalue weighted by Crippen LogP contribution is -2.32. The van der Waals surface area contributed by atoms with Gasteiger partial charge in [-0.3, -0.25) is 24.3 Å². The molecule has 0 aliphatic heterocycles. The van der Waals surface area contributed by atoms with Crippen molar-refractivity contribution in [3.63, 3.8) is 0 Å². The fraction of sp³-hybridized carbons (Fsp3) is 0.353. The molecular formula is C17H20N4O6. The standard InChI is InChI=1S/C17H20N4O6/c1-10-11(2)19-9-20(17(10)23)6-5-18-16(22)12-7-14(26-3)15(27-4)8-13(12)21(24)25/h7-9H,5-6H2,1-4H3,(H,18,22). The van der Waals surface area contributed by atoms with Crippen molar-refractivity contribution in [3.8, 4) is 11.5 Å². The molecule has 0 saturated heterocycles. The molecule has 2 aromatic rings. The molecule has 10 heteroatoms. The Balaban J connectivity index is 2.19. The van der Waals surface area contributed by atoms with Crippen molar-refractivity contribution in [2.45, 2.75) is 20.4 Å². The molecular weight excluding hydrogens is 356 g/mol. The monoisotopic (exact) mass is 376 g/mol. The van der Waals surface area contributed by atoms with E-state index in [0.29, 0.717) is 11.3 Å². The van der Waals surface area contributed by atoms with E-state index in [1.807, 2.05) is 0 Å². The average Bonchev–Trinajstić information content (AvgIpc) is 2.66. The smallest absolute Gasteiger partial charge is 0.286 e. The fourth-order valence-corrected chi connectivity index (χ4v) is 2.42. The molecule has 1 N–H and O–H groups in total. The molecule has 0 aliphatic carbocycles. The first kappa shape index (κ1) is 19.9. The van der Waals surface area contributed by atoms with Gasteiger partial charge < -0.3 is 14.8 Å². The third kappa shape index (κ3) is 4.22. The third-order valence-electron chi connectivity index (χ3n) is 4.10. The van der Waals surface area contributed by atoms with Crippen LogP contribution in [-0.4, -0.2) is 41.1 Å². The maximum atomic E-state index is 12.4. The topological polar surface area (TPSA) is 126 Å². The Morgan fingerprint density at radius 1 is 1.26 bits per heavy atom. The molecule has 27 heavy (non-hydrogen) atoms. The van der Waals surface area contributed by atoms with Crippen LogP contribution in [0.4, 0.5) is 5.69 Å². The highest BCUT2D eigenvalue weighted by atomic mass is 16.6. The maximum absolute atomic E-state index is 12.4. The Kier molecular flexibility index (Phi) is 6.11. The molecule has 0 bridgehead atoms. The third-order valence-corrected chi connectivity index (χ3v) is 4.10. The summed E-state index contributed by atoms with van der Waals surface area (Å²) >= 11 is 0. The molecule has 1 heterocycles. The van der Waals surface area contributed by atoms with Crippen molar-refractivity contribution in [3.05, 3.63) is 55.7 Å². The van der Waals surface area contributed by atoms with Gasteiger partial charge in [-0.2, -0.15) is 0 Å². The number of carbonyl (C=O) groups is 1. The van der Waals surface area contributed by atoms with E-state index in [4.69, 9.17) is 9.47 Å². The van der Waals surface area contributed by atoms with Crippen molar-refractivity contribution in [1.29, 1.82) is 0 Å². The van der Waals surface area contributed by atoms with Crippen LogP contribution in [0.2, 0.25) is 0 Å². The van der Waals surface area contributed by atoms with Crippen LogP contribution in [-0.2, 0) is 6.54 Å². The molecule has 144 valence electrons. The molecule has 0 unspecified atom stereocenters. The molecule has 1 aromatic carbocycles. The van der Waals surface area contributed by atoms with Crippen molar-refractivity contribution in [2.75, 3.05) is 20.8 Å². The maximum Gasteiger partial charge on any atom is 0.286 e. The number of ether oxygens (including phenoxy) is 2. The Labute approximate surface area is 154 Å². The Hall–Kier alpha value is -3.43. The lowest BCUT2D eigenvalue weighted by Gasteiger charge is -2.11. The first-order valence-electron chi connectivity index (χ1n) is 8.01. The van der Waals surface area contributed by atoms with Crippen LogP contribution >= 0.6 is 0 Å². The first-order valence-corrected chi connectivity index (χ1v) is 8.01. The molecule has 0 spiro atoms. The normalized spacial score (nSPS) is 10.4. The minimum absolute atomic E-state index is 0.0917. The number of nitrogens with zero attached hydrogens (tertiary/aromatic N) is 3. The van der Waals surface area contributed by atoms with E-state index in [9.17, 15) is 19.7 Å². The molecule has 0 saturated carbocycles. The number of nitro groups is 1. The van der Waals surface area contributed by atoms with Crippen LogP contribution < -0.4 is 20.3 Å². The predicted octanol–water partition coefficient (Wildman–Crippen LogP) is 1.22. The van der Waals surface area contributed by atoms with Gasteiger partial charge in [-0.1, -0.05) is 0 Å². The summed E-state index contributed by atoms with van der Waals surface area (Å²) in [6.07, 6.45) is 1.40. The summed E-state index contributed by atoms with van der Waals surface area (Å²) < 4.78 is 11.5. The highest BCUT2D eigenvalue weighted by Gasteiger charge is 2.24. The second-order valence-corrected chi connectivity index (χ2v) is 5.69. The van der Waals surface area contributed by atoms with Gasteiger partial charge in [0.1, 0.15) is 5.56 Å². The Morgan fingerprint density at radius 3 is 2.48 bits per heavy atom. The molecule has 1 aromatic heterocycles. The van der Waals surface area contributed by atoms with Crippen LogP contribution in [0.1, 0.15) is 21.6 Å². The van der Waals surface area contributed by atoms with Crippen LogP contribution in [0.3, 0.4) is 0 Å². The van der Waals surface area contributed by atoms with Crippen LogP contribution in [0.25, 0.3) is 0 Å². The summed E-state index contributed by atoms with van der Waals surface area (Å²) in [6, 6.07) is 2.38. The quantitative estimate of drug-likeness (QED) is 0.569. The number of benzene rings is 1. The van der Waals surface area contributed by atoms with Crippen LogP contribution in [0, 0.1) is 24.0 Å². The summed E-state index contributed by atoms with van der Waals surface area (Å²) in [4.78, 5) is 39.3. The van der Waals surface area contributed by atoms with Gasteiger partial charge in [-0.25, -0.2) is 4.98 Å². The number of nitro benzene ring substituents is 1. The predicted molar refractivity (Wildman–Crippen MR) is 96.5 cm³/mol. The molecule has 0 fully saturated rings. The summed E-state index contributed by atoms with van der Waals surface area (Å²) in [7, 11) is 2.71. The number of hydrogen-bond donors (Lipinski definition) is 1. The molecule has 0 radical (unpaired) electrons. The highest BCUT2D eigenvalue weighted by molar-refractivity contribution is 5.99. The van der Waals surface area contributed by atoms with Gasteiger partial charge in [0, 0.05) is 30.4 Å². The largest absolute Gasteiger partial charge is 0.493 e. The molecule has 0 atom stereocenters. The first-order chi connectivity index (χ1) is 12.8.